The number of aromatic nitrogens is 5. The van der Waals surface area contributed by atoms with E-state index < -0.39 is 6.10 Å². The molecule has 0 amide bonds. The van der Waals surface area contributed by atoms with E-state index in [9.17, 15) is 5.11 Å². The van der Waals surface area contributed by atoms with Gasteiger partial charge in [0, 0.05) is 38.1 Å². The quantitative estimate of drug-likeness (QED) is 0.756. The first kappa shape index (κ1) is 17.7. The lowest BCUT2D eigenvalue weighted by Gasteiger charge is -2.33. The van der Waals surface area contributed by atoms with E-state index in [1.807, 2.05) is 37.7 Å². The zero-order valence-corrected chi connectivity index (χ0v) is 15.8. The molecule has 4 rings (SSSR count). The van der Waals surface area contributed by atoms with Crippen molar-refractivity contribution in [2.75, 3.05) is 18.0 Å². The standard InChI is InChI=1S/C19H24N6O2/c1-12-10-15(13(2)27-12)16-11-21-23-19(22-16)25-7-4-14(5-8-25)17(26)18-20-6-9-24(18)3/h6,9-11,14,17,26H,4-5,7-8H2,1-3H3. The normalized spacial score (nSPS) is 16.7. The topological polar surface area (TPSA) is 93.1 Å². The van der Waals surface area contributed by atoms with Crippen LogP contribution < -0.4 is 4.90 Å². The molecule has 142 valence electrons. The van der Waals surface area contributed by atoms with Crippen LogP contribution in [0.1, 0.15) is 36.3 Å². The Bertz CT molecular complexity index is 926. The van der Waals surface area contributed by atoms with Gasteiger partial charge in [0.25, 0.3) is 0 Å². The summed E-state index contributed by atoms with van der Waals surface area (Å²) in [7, 11) is 1.91. The number of rotatable bonds is 4. The minimum atomic E-state index is -0.547. The molecular formula is C19H24N6O2. The SMILES string of the molecule is Cc1cc(-c2cnnc(N3CCC(C(O)c4nccn4C)CC3)n2)c(C)o1. The highest BCUT2D eigenvalue weighted by Gasteiger charge is 2.29. The molecule has 3 aromatic rings. The molecular weight excluding hydrogens is 344 g/mol. The summed E-state index contributed by atoms with van der Waals surface area (Å²) in [6.45, 7) is 5.40. The molecule has 3 aromatic heterocycles. The van der Waals surface area contributed by atoms with E-state index >= 15 is 0 Å². The van der Waals surface area contributed by atoms with Gasteiger partial charge in [-0.15, -0.1) is 5.10 Å². The molecule has 0 aliphatic carbocycles. The van der Waals surface area contributed by atoms with Gasteiger partial charge in [0.1, 0.15) is 23.4 Å². The maximum absolute atomic E-state index is 10.6. The largest absolute Gasteiger partial charge is 0.466 e. The van der Waals surface area contributed by atoms with Crippen molar-refractivity contribution in [3.05, 3.63) is 42.0 Å². The van der Waals surface area contributed by atoms with Crippen molar-refractivity contribution < 1.29 is 9.52 Å². The summed E-state index contributed by atoms with van der Waals surface area (Å²) in [5.41, 5.74) is 1.72. The van der Waals surface area contributed by atoms with E-state index in [2.05, 4.69) is 25.1 Å². The van der Waals surface area contributed by atoms with Crippen LogP contribution in [0.3, 0.4) is 0 Å². The molecule has 0 spiro atoms. The summed E-state index contributed by atoms with van der Waals surface area (Å²) in [4.78, 5) is 11.1. The van der Waals surface area contributed by atoms with E-state index in [1.54, 1.807) is 12.4 Å². The highest BCUT2D eigenvalue weighted by atomic mass is 16.3. The predicted molar refractivity (Wildman–Crippen MR) is 100 cm³/mol. The lowest BCUT2D eigenvalue weighted by molar-refractivity contribution is 0.0823. The van der Waals surface area contributed by atoms with Crippen molar-refractivity contribution >= 4 is 5.95 Å². The van der Waals surface area contributed by atoms with E-state index in [4.69, 9.17) is 4.42 Å². The Balaban J connectivity index is 1.46. The van der Waals surface area contributed by atoms with Gasteiger partial charge < -0.3 is 19.0 Å². The van der Waals surface area contributed by atoms with Crippen molar-refractivity contribution in [3.63, 3.8) is 0 Å². The second-order valence-corrected chi connectivity index (χ2v) is 7.13. The van der Waals surface area contributed by atoms with Crippen LogP contribution in [0.15, 0.2) is 29.1 Å². The summed E-state index contributed by atoms with van der Waals surface area (Å²) in [6.07, 6.45) is 6.40. The second kappa shape index (κ2) is 7.11. The Labute approximate surface area is 157 Å². The van der Waals surface area contributed by atoms with E-state index in [-0.39, 0.29) is 5.92 Å². The molecule has 8 heteroatoms. The van der Waals surface area contributed by atoms with Crippen molar-refractivity contribution in [3.8, 4) is 11.3 Å². The number of anilines is 1. The molecule has 1 N–H and O–H groups in total. The third kappa shape index (κ3) is 3.44. The lowest BCUT2D eigenvalue weighted by atomic mass is 9.91. The average molecular weight is 368 g/mol. The van der Waals surface area contributed by atoms with Gasteiger partial charge in [-0.2, -0.15) is 5.10 Å². The van der Waals surface area contributed by atoms with Crippen molar-refractivity contribution in [2.45, 2.75) is 32.8 Å². The van der Waals surface area contributed by atoms with Crippen molar-refractivity contribution in [1.29, 1.82) is 0 Å². The fourth-order valence-electron chi connectivity index (χ4n) is 3.73. The summed E-state index contributed by atoms with van der Waals surface area (Å²) in [6, 6.07) is 1.97. The van der Waals surface area contributed by atoms with E-state index in [0.29, 0.717) is 5.95 Å². The van der Waals surface area contributed by atoms with Crippen LogP contribution >= 0.6 is 0 Å². The second-order valence-electron chi connectivity index (χ2n) is 7.13. The van der Waals surface area contributed by atoms with Crippen LogP contribution in [-0.4, -0.2) is 42.9 Å². The van der Waals surface area contributed by atoms with Gasteiger partial charge in [-0.1, -0.05) is 0 Å². The Morgan fingerprint density at radius 2 is 2.04 bits per heavy atom. The zero-order valence-electron chi connectivity index (χ0n) is 15.8. The fraction of sp³-hybridized carbons (Fsp3) is 0.474. The van der Waals surface area contributed by atoms with Crippen LogP contribution in [0.25, 0.3) is 11.3 Å². The first-order chi connectivity index (χ1) is 13.0. The molecule has 0 radical (unpaired) electrons. The molecule has 4 heterocycles. The van der Waals surface area contributed by atoms with Gasteiger partial charge >= 0.3 is 0 Å². The van der Waals surface area contributed by atoms with Gasteiger partial charge in [-0.3, -0.25) is 0 Å². The fourth-order valence-corrected chi connectivity index (χ4v) is 3.73. The van der Waals surface area contributed by atoms with Gasteiger partial charge in [0.05, 0.1) is 11.9 Å². The number of aryl methyl sites for hydroxylation is 3. The first-order valence-corrected chi connectivity index (χ1v) is 9.20. The monoisotopic (exact) mass is 368 g/mol. The molecule has 8 nitrogen and oxygen atoms in total. The average Bonchev–Trinajstić information content (AvgIpc) is 3.26. The summed E-state index contributed by atoms with van der Waals surface area (Å²) >= 11 is 0. The van der Waals surface area contributed by atoms with Gasteiger partial charge in [0.2, 0.25) is 5.95 Å². The van der Waals surface area contributed by atoms with Gasteiger partial charge in [-0.05, 0) is 38.7 Å². The molecule has 1 atom stereocenters. The highest BCUT2D eigenvalue weighted by molar-refractivity contribution is 5.62. The molecule has 1 fully saturated rings. The van der Waals surface area contributed by atoms with E-state index in [0.717, 1.165) is 54.5 Å². The van der Waals surface area contributed by atoms with Crippen LogP contribution in [0.2, 0.25) is 0 Å². The van der Waals surface area contributed by atoms with Crippen LogP contribution in [-0.2, 0) is 7.05 Å². The van der Waals surface area contributed by atoms with E-state index in [1.165, 1.54) is 0 Å². The maximum atomic E-state index is 10.6. The summed E-state index contributed by atoms with van der Waals surface area (Å²) < 4.78 is 7.48. The van der Waals surface area contributed by atoms with Crippen molar-refractivity contribution in [2.24, 2.45) is 13.0 Å². The third-order valence-electron chi connectivity index (χ3n) is 5.26. The number of aliphatic hydroxyl groups excluding tert-OH is 1. The smallest absolute Gasteiger partial charge is 0.245 e. The number of hydrogen-bond donors (Lipinski definition) is 1. The highest BCUT2D eigenvalue weighted by Crippen LogP contribution is 2.31. The number of aliphatic hydroxyl groups is 1. The Morgan fingerprint density at radius 1 is 1.26 bits per heavy atom. The molecule has 1 aliphatic rings. The summed E-state index contributed by atoms with van der Waals surface area (Å²) in [5.74, 6) is 3.20. The molecule has 1 aliphatic heterocycles. The Hall–Kier alpha value is -2.74. The molecule has 27 heavy (non-hydrogen) atoms. The number of nitrogens with zero attached hydrogens (tertiary/aromatic N) is 6. The van der Waals surface area contributed by atoms with Gasteiger partial charge in [0.15, 0.2) is 0 Å². The van der Waals surface area contributed by atoms with Crippen molar-refractivity contribution in [1.82, 2.24) is 24.7 Å². The first-order valence-electron chi connectivity index (χ1n) is 9.20. The number of hydrogen-bond acceptors (Lipinski definition) is 7. The van der Waals surface area contributed by atoms with Crippen LogP contribution in [0.4, 0.5) is 5.95 Å². The molecule has 1 unspecified atom stereocenters. The number of piperidine rings is 1. The van der Waals surface area contributed by atoms with Gasteiger partial charge in [-0.25, -0.2) is 9.97 Å². The number of furan rings is 1. The Kier molecular flexibility index (Phi) is 4.65. The maximum Gasteiger partial charge on any atom is 0.245 e. The zero-order chi connectivity index (χ0) is 19.0. The summed E-state index contributed by atoms with van der Waals surface area (Å²) in [5, 5.41) is 19.0. The Morgan fingerprint density at radius 3 is 2.67 bits per heavy atom. The molecule has 0 bridgehead atoms. The van der Waals surface area contributed by atoms with Crippen LogP contribution in [0, 0.1) is 19.8 Å². The molecule has 1 saturated heterocycles. The number of imidazole rings is 1. The third-order valence-corrected chi connectivity index (χ3v) is 5.26. The minimum absolute atomic E-state index is 0.178. The molecule has 0 aromatic carbocycles. The minimum Gasteiger partial charge on any atom is -0.466 e. The lowest BCUT2D eigenvalue weighted by Crippen LogP contribution is -2.37. The molecule has 0 saturated carbocycles. The van der Waals surface area contributed by atoms with Crippen LogP contribution in [0.5, 0.6) is 0 Å². The predicted octanol–water partition coefficient (Wildman–Crippen LogP) is 2.43.